The Morgan fingerprint density at radius 2 is 2.00 bits per heavy atom. The van der Waals surface area contributed by atoms with E-state index >= 15 is 0 Å². The van der Waals surface area contributed by atoms with Gasteiger partial charge in [0.1, 0.15) is 0 Å². The van der Waals surface area contributed by atoms with Crippen molar-refractivity contribution in [3.05, 3.63) is 28.6 Å². The fraction of sp³-hybridized carbons (Fsp3) is 0.615. The highest BCUT2D eigenvalue weighted by Gasteiger charge is 2.15. The molecule has 0 unspecified atom stereocenters. The molecule has 0 N–H and O–H groups in total. The minimum Gasteiger partial charge on any atom is -0.258 e. The molecule has 0 fully saturated rings. The van der Waals surface area contributed by atoms with Crippen LogP contribution in [-0.4, -0.2) is 4.98 Å². The summed E-state index contributed by atoms with van der Waals surface area (Å²) in [5.74, 6) is 0.610. The van der Waals surface area contributed by atoms with Gasteiger partial charge in [0.05, 0.1) is 0 Å². The highest BCUT2D eigenvalue weighted by Crippen LogP contribution is 2.26. The fourth-order valence-corrected chi connectivity index (χ4v) is 2.18. The number of hydrogen-bond acceptors (Lipinski definition) is 1. The van der Waals surface area contributed by atoms with Crippen LogP contribution >= 0.6 is 0 Å². The molecule has 2 rings (SSSR count). The summed E-state index contributed by atoms with van der Waals surface area (Å²) in [5, 5.41) is 0. The predicted molar refractivity (Wildman–Crippen MR) is 61.8 cm³/mol. The molecule has 1 nitrogen and oxygen atoms in total. The maximum absolute atomic E-state index is 4.67. The minimum atomic E-state index is 0. The zero-order valence-electron chi connectivity index (χ0n) is 8.72. The first kappa shape index (κ1) is 11.2. The second kappa shape index (κ2) is 4.12. The van der Waals surface area contributed by atoms with E-state index < -0.39 is 0 Å². The Kier molecular flexibility index (Phi) is 3.30. The predicted octanol–water partition coefficient (Wildman–Crippen LogP) is 3.64. The number of pyridine rings is 1. The molecule has 1 heterocycles. The van der Waals surface area contributed by atoms with Gasteiger partial charge in [0.25, 0.3) is 0 Å². The Hall–Kier alpha value is -0.850. The average molecular weight is 191 g/mol. The Morgan fingerprint density at radius 1 is 1.29 bits per heavy atom. The van der Waals surface area contributed by atoms with Gasteiger partial charge in [-0.15, -0.1) is 0 Å². The number of nitrogens with zero attached hydrogens (tertiary/aromatic N) is 1. The lowest BCUT2D eigenvalue weighted by Gasteiger charge is -2.11. The highest BCUT2D eigenvalue weighted by atomic mass is 14.7. The Morgan fingerprint density at radius 3 is 2.64 bits per heavy atom. The minimum absolute atomic E-state index is 0. The molecular weight excluding hydrogens is 170 g/mol. The van der Waals surface area contributed by atoms with Crippen LogP contribution in [-0.2, 0) is 12.8 Å². The molecule has 78 valence electrons. The first-order chi connectivity index (χ1) is 6.18. The van der Waals surface area contributed by atoms with Crippen molar-refractivity contribution in [1.82, 2.24) is 4.98 Å². The average Bonchev–Trinajstić information content (AvgIpc) is 2.48. The molecule has 0 aliphatic heterocycles. The third-order valence-corrected chi connectivity index (χ3v) is 2.90. The first-order valence-electron chi connectivity index (χ1n) is 5.18. The largest absolute Gasteiger partial charge is 0.258 e. The number of fused-ring (bicyclic) bond motifs is 1. The van der Waals surface area contributed by atoms with Gasteiger partial charge in [-0.25, -0.2) is 0 Å². The van der Waals surface area contributed by atoms with Crippen LogP contribution in [0.5, 0.6) is 0 Å². The van der Waals surface area contributed by atoms with Crippen molar-refractivity contribution in [1.29, 1.82) is 0 Å². The van der Waals surface area contributed by atoms with E-state index in [1.807, 2.05) is 0 Å². The van der Waals surface area contributed by atoms with Crippen molar-refractivity contribution in [2.45, 2.75) is 53.4 Å². The zero-order valence-corrected chi connectivity index (χ0v) is 8.72. The standard InChI is InChI=1S/C12H17N.CH4/c1-8(2)11-7-10-5-4-6-12(10)13-9(11)3;/h7-8H,4-6H2,1-3H3;1H4. The zero-order chi connectivity index (χ0) is 9.42. The fourth-order valence-electron chi connectivity index (χ4n) is 2.18. The van der Waals surface area contributed by atoms with Crippen LogP contribution in [0, 0.1) is 6.92 Å². The highest BCUT2D eigenvalue weighted by molar-refractivity contribution is 5.34. The monoisotopic (exact) mass is 191 g/mol. The van der Waals surface area contributed by atoms with Crippen LogP contribution in [0.2, 0.25) is 0 Å². The van der Waals surface area contributed by atoms with Crippen LogP contribution in [0.15, 0.2) is 6.07 Å². The summed E-state index contributed by atoms with van der Waals surface area (Å²) < 4.78 is 0. The van der Waals surface area contributed by atoms with Gasteiger partial charge in [0, 0.05) is 11.4 Å². The van der Waals surface area contributed by atoms with Crippen molar-refractivity contribution >= 4 is 0 Å². The molecule has 1 aliphatic rings. The maximum Gasteiger partial charge on any atom is 0.0439 e. The molecule has 0 saturated carbocycles. The lowest BCUT2D eigenvalue weighted by molar-refractivity contribution is 0.834. The molecule has 1 aliphatic carbocycles. The van der Waals surface area contributed by atoms with E-state index in [9.17, 15) is 0 Å². The molecule has 0 amide bonds. The van der Waals surface area contributed by atoms with Crippen molar-refractivity contribution in [2.75, 3.05) is 0 Å². The van der Waals surface area contributed by atoms with E-state index in [1.165, 1.54) is 41.8 Å². The summed E-state index contributed by atoms with van der Waals surface area (Å²) >= 11 is 0. The van der Waals surface area contributed by atoms with Crippen molar-refractivity contribution < 1.29 is 0 Å². The van der Waals surface area contributed by atoms with Crippen molar-refractivity contribution in [3.8, 4) is 0 Å². The normalized spacial score (nSPS) is 14.0. The number of hydrogen-bond donors (Lipinski definition) is 0. The van der Waals surface area contributed by atoms with Gasteiger partial charge in [-0.2, -0.15) is 0 Å². The first-order valence-corrected chi connectivity index (χ1v) is 5.18. The quantitative estimate of drug-likeness (QED) is 0.660. The van der Waals surface area contributed by atoms with Gasteiger partial charge in [0.15, 0.2) is 0 Å². The van der Waals surface area contributed by atoms with E-state index in [4.69, 9.17) is 0 Å². The van der Waals surface area contributed by atoms with Crippen LogP contribution < -0.4 is 0 Å². The smallest absolute Gasteiger partial charge is 0.0439 e. The van der Waals surface area contributed by atoms with Gasteiger partial charge < -0.3 is 0 Å². The number of rotatable bonds is 1. The summed E-state index contributed by atoms with van der Waals surface area (Å²) in [5.41, 5.74) is 5.51. The Bertz CT molecular complexity index is 326. The summed E-state index contributed by atoms with van der Waals surface area (Å²) in [6, 6.07) is 2.37. The molecule has 0 saturated heterocycles. The second-order valence-corrected chi connectivity index (χ2v) is 4.28. The number of aryl methyl sites for hydroxylation is 3. The van der Waals surface area contributed by atoms with Crippen LogP contribution in [0.1, 0.15) is 56.1 Å². The lowest BCUT2D eigenvalue weighted by Crippen LogP contribution is -1.99. The van der Waals surface area contributed by atoms with Gasteiger partial charge in [-0.3, -0.25) is 4.98 Å². The van der Waals surface area contributed by atoms with Gasteiger partial charge in [-0.05, 0) is 43.2 Å². The van der Waals surface area contributed by atoms with Crippen molar-refractivity contribution in [3.63, 3.8) is 0 Å². The molecular formula is C13H21N. The van der Waals surface area contributed by atoms with Gasteiger partial charge >= 0.3 is 0 Å². The molecule has 0 spiro atoms. The molecule has 1 aromatic heterocycles. The van der Waals surface area contributed by atoms with Crippen LogP contribution in [0.3, 0.4) is 0 Å². The van der Waals surface area contributed by atoms with E-state index in [0.29, 0.717) is 5.92 Å². The summed E-state index contributed by atoms with van der Waals surface area (Å²) in [6.07, 6.45) is 3.72. The van der Waals surface area contributed by atoms with E-state index in [2.05, 4.69) is 31.8 Å². The molecule has 0 aromatic carbocycles. The van der Waals surface area contributed by atoms with E-state index in [0.717, 1.165) is 0 Å². The third-order valence-electron chi connectivity index (χ3n) is 2.90. The topological polar surface area (TPSA) is 12.9 Å². The lowest BCUT2D eigenvalue weighted by atomic mass is 9.99. The molecule has 0 radical (unpaired) electrons. The van der Waals surface area contributed by atoms with E-state index in [-0.39, 0.29) is 7.43 Å². The SMILES string of the molecule is C.Cc1nc2c(cc1C(C)C)CCC2. The van der Waals surface area contributed by atoms with Gasteiger partial charge in [-0.1, -0.05) is 27.3 Å². The van der Waals surface area contributed by atoms with Crippen molar-refractivity contribution in [2.24, 2.45) is 0 Å². The Balaban J connectivity index is 0.000000980. The van der Waals surface area contributed by atoms with Gasteiger partial charge in [0.2, 0.25) is 0 Å². The van der Waals surface area contributed by atoms with Crippen LogP contribution in [0.4, 0.5) is 0 Å². The summed E-state index contributed by atoms with van der Waals surface area (Å²) in [7, 11) is 0. The molecule has 14 heavy (non-hydrogen) atoms. The summed E-state index contributed by atoms with van der Waals surface area (Å²) in [4.78, 5) is 4.67. The number of aromatic nitrogens is 1. The van der Waals surface area contributed by atoms with Crippen LogP contribution in [0.25, 0.3) is 0 Å². The summed E-state index contributed by atoms with van der Waals surface area (Å²) in [6.45, 7) is 6.62. The second-order valence-electron chi connectivity index (χ2n) is 4.28. The molecule has 0 bridgehead atoms. The maximum atomic E-state index is 4.67. The third kappa shape index (κ3) is 1.82. The van der Waals surface area contributed by atoms with E-state index in [1.54, 1.807) is 0 Å². The molecule has 1 aromatic rings. The molecule has 0 atom stereocenters. The Labute approximate surface area is 87.6 Å². The molecule has 1 heteroatoms.